The van der Waals surface area contributed by atoms with Gasteiger partial charge < -0.3 is 14.9 Å². The summed E-state index contributed by atoms with van der Waals surface area (Å²) in [5.74, 6) is 0.879. The molecule has 2 N–H and O–H groups in total. The monoisotopic (exact) mass is 583 g/mol. The summed E-state index contributed by atoms with van der Waals surface area (Å²) in [4.78, 5) is 23.4. The molecular weight excluding hydrogens is 538 g/mol. The molecule has 0 spiro atoms. The van der Waals surface area contributed by atoms with Crippen molar-refractivity contribution in [3.8, 4) is 0 Å². The molecular formula is C33H46ClN3O2S. The number of hydrogen-bond acceptors (Lipinski definition) is 4. The summed E-state index contributed by atoms with van der Waals surface area (Å²) in [5, 5.41) is 5.78. The van der Waals surface area contributed by atoms with Crippen molar-refractivity contribution >= 4 is 52.9 Å². The van der Waals surface area contributed by atoms with Gasteiger partial charge in [0.1, 0.15) is 0 Å². The van der Waals surface area contributed by atoms with Gasteiger partial charge in [-0.05, 0) is 81.1 Å². The van der Waals surface area contributed by atoms with Gasteiger partial charge in [-0.15, -0.1) is 0 Å². The molecule has 3 rings (SSSR count). The average molecular weight is 584 g/mol. The lowest BCUT2D eigenvalue weighted by Crippen LogP contribution is -2.16. The molecule has 5 nitrogen and oxygen atoms in total. The van der Waals surface area contributed by atoms with E-state index in [2.05, 4.69) is 61.7 Å². The van der Waals surface area contributed by atoms with Gasteiger partial charge in [0.15, 0.2) is 0 Å². The molecule has 0 saturated heterocycles. The maximum absolute atomic E-state index is 12.7. The Labute approximate surface area is 251 Å². The fourth-order valence-electron chi connectivity index (χ4n) is 3.59. The second-order valence-electron chi connectivity index (χ2n) is 9.30. The molecule has 0 fully saturated rings. The van der Waals surface area contributed by atoms with Crippen molar-refractivity contribution in [2.24, 2.45) is 0 Å². The van der Waals surface area contributed by atoms with Crippen LogP contribution in [-0.2, 0) is 4.79 Å². The van der Waals surface area contributed by atoms with Gasteiger partial charge >= 0.3 is 0 Å². The van der Waals surface area contributed by atoms with Gasteiger partial charge in [-0.2, -0.15) is 0 Å². The molecule has 0 aliphatic carbocycles. The van der Waals surface area contributed by atoms with E-state index in [-0.39, 0.29) is 5.91 Å². The minimum atomic E-state index is -0.204. The predicted molar refractivity (Wildman–Crippen MR) is 177 cm³/mol. The summed E-state index contributed by atoms with van der Waals surface area (Å²) in [6.07, 6.45) is 6.99. The van der Waals surface area contributed by atoms with E-state index in [4.69, 9.17) is 11.6 Å². The van der Waals surface area contributed by atoms with E-state index in [0.717, 1.165) is 23.5 Å². The highest BCUT2D eigenvalue weighted by Crippen LogP contribution is 2.28. The summed E-state index contributed by atoms with van der Waals surface area (Å²) in [6, 6.07) is 21.1. The van der Waals surface area contributed by atoms with Crippen LogP contribution in [0.4, 0.5) is 17.1 Å². The number of halogens is 1. The van der Waals surface area contributed by atoms with E-state index in [0.29, 0.717) is 28.4 Å². The summed E-state index contributed by atoms with van der Waals surface area (Å²) in [6.45, 7) is 13.7. The number of carbonyl (C=O) groups is 2. The molecule has 0 aromatic heterocycles. The van der Waals surface area contributed by atoms with Crippen molar-refractivity contribution in [1.29, 1.82) is 0 Å². The number of aryl methyl sites for hydroxylation is 2. The van der Waals surface area contributed by atoms with Gasteiger partial charge in [0.2, 0.25) is 6.41 Å². The van der Waals surface area contributed by atoms with Crippen LogP contribution in [0.15, 0.2) is 66.7 Å². The van der Waals surface area contributed by atoms with Gasteiger partial charge in [-0.3, -0.25) is 9.59 Å². The van der Waals surface area contributed by atoms with Crippen LogP contribution in [-0.4, -0.2) is 24.6 Å². The highest BCUT2D eigenvalue weighted by molar-refractivity contribution is 8.00. The second-order valence-corrected chi connectivity index (χ2v) is 10.8. The molecule has 7 heteroatoms. The molecule has 0 heterocycles. The molecule has 3 aromatic rings. The number of rotatable bonds is 12. The third kappa shape index (κ3) is 13.4. The van der Waals surface area contributed by atoms with Crippen LogP contribution in [0, 0.1) is 13.8 Å². The lowest BCUT2D eigenvalue weighted by atomic mass is 10.1. The van der Waals surface area contributed by atoms with Crippen molar-refractivity contribution in [3.05, 3.63) is 88.4 Å². The zero-order valence-corrected chi connectivity index (χ0v) is 26.5. The van der Waals surface area contributed by atoms with E-state index >= 15 is 0 Å². The Morgan fingerprint density at radius 3 is 2.08 bits per heavy atom. The highest BCUT2D eigenvalue weighted by atomic mass is 35.5. The van der Waals surface area contributed by atoms with Gasteiger partial charge in [-0.25, -0.2) is 0 Å². The Hall–Kier alpha value is -2.96. The number of hydrogen-bond donors (Lipinski definition) is 2. The van der Waals surface area contributed by atoms with Crippen LogP contribution < -0.4 is 14.9 Å². The molecule has 0 aliphatic heterocycles. The number of anilines is 3. The molecule has 0 saturated carbocycles. The number of carbonyl (C=O) groups excluding carboxylic acids is 2. The highest BCUT2D eigenvalue weighted by Gasteiger charge is 2.13. The number of benzene rings is 3. The van der Waals surface area contributed by atoms with E-state index in [9.17, 15) is 9.59 Å². The van der Waals surface area contributed by atoms with E-state index in [1.165, 1.54) is 37.7 Å². The predicted octanol–water partition coefficient (Wildman–Crippen LogP) is 9.94. The molecule has 0 bridgehead atoms. The Bertz CT molecular complexity index is 1140. The summed E-state index contributed by atoms with van der Waals surface area (Å²) in [7, 11) is 0. The Morgan fingerprint density at radius 1 is 0.900 bits per heavy atom. The fraction of sp³-hybridized carbons (Fsp3) is 0.394. The standard InChI is InChI=1S/C21H26ClN3O2S.C7H8.C5H12/c1-4-6-11-28-25(5-2)17-8-9-18(15(3)12-17)21(27)24-16-7-10-19(22)20(13-16)23-14-26;1-7-5-3-2-4-6-7;1-3-5-4-2/h7-10,12-14H,4-6,11H2,1-3H3,(H,23,26)(H,24,27);2-6H,1H3;3-5H2,1-2H3. The lowest BCUT2D eigenvalue weighted by molar-refractivity contribution is -0.105. The van der Waals surface area contributed by atoms with Crippen LogP contribution in [0.1, 0.15) is 81.3 Å². The van der Waals surface area contributed by atoms with Crippen LogP contribution in [0.5, 0.6) is 0 Å². The maximum atomic E-state index is 12.7. The largest absolute Gasteiger partial charge is 0.327 e. The summed E-state index contributed by atoms with van der Waals surface area (Å²) in [5.41, 5.74) is 4.95. The zero-order chi connectivity index (χ0) is 29.8. The van der Waals surface area contributed by atoms with Crippen molar-refractivity contribution < 1.29 is 9.59 Å². The molecule has 0 radical (unpaired) electrons. The third-order valence-electron chi connectivity index (χ3n) is 5.86. The van der Waals surface area contributed by atoms with Crippen LogP contribution in [0.25, 0.3) is 0 Å². The molecule has 0 aliphatic rings. The van der Waals surface area contributed by atoms with E-state index in [1.54, 1.807) is 18.2 Å². The van der Waals surface area contributed by atoms with Crippen LogP contribution in [0.2, 0.25) is 5.02 Å². The Balaban J connectivity index is 0.000000549. The zero-order valence-electron chi connectivity index (χ0n) is 24.9. The summed E-state index contributed by atoms with van der Waals surface area (Å²) >= 11 is 7.84. The average Bonchev–Trinajstić information content (AvgIpc) is 2.94. The number of nitrogens with zero attached hydrogens (tertiary/aromatic N) is 1. The normalized spacial score (nSPS) is 9.88. The first kappa shape index (κ1) is 35.1. The van der Waals surface area contributed by atoms with E-state index < -0.39 is 0 Å². The van der Waals surface area contributed by atoms with Gasteiger partial charge in [0, 0.05) is 29.2 Å². The van der Waals surface area contributed by atoms with Gasteiger partial charge in [0.25, 0.3) is 5.91 Å². The second kappa shape index (κ2) is 20.9. The van der Waals surface area contributed by atoms with Crippen molar-refractivity contribution in [2.75, 3.05) is 27.2 Å². The first-order valence-electron chi connectivity index (χ1n) is 14.1. The number of amides is 2. The van der Waals surface area contributed by atoms with Gasteiger partial charge in [0.05, 0.1) is 10.7 Å². The molecule has 40 heavy (non-hydrogen) atoms. The van der Waals surface area contributed by atoms with Crippen LogP contribution >= 0.6 is 23.5 Å². The van der Waals surface area contributed by atoms with Crippen LogP contribution in [0.3, 0.4) is 0 Å². The van der Waals surface area contributed by atoms with Crippen molar-refractivity contribution in [1.82, 2.24) is 0 Å². The quantitative estimate of drug-likeness (QED) is 0.126. The van der Waals surface area contributed by atoms with Gasteiger partial charge in [-0.1, -0.05) is 94.0 Å². The minimum Gasteiger partial charge on any atom is -0.327 e. The fourth-order valence-corrected chi connectivity index (χ4v) is 4.84. The van der Waals surface area contributed by atoms with Crippen molar-refractivity contribution in [3.63, 3.8) is 0 Å². The Morgan fingerprint density at radius 2 is 1.57 bits per heavy atom. The lowest BCUT2D eigenvalue weighted by Gasteiger charge is -2.22. The van der Waals surface area contributed by atoms with Crippen molar-refractivity contribution in [2.45, 2.75) is 73.6 Å². The first-order valence-corrected chi connectivity index (χ1v) is 15.5. The third-order valence-corrected chi connectivity index (χ3v) is 7.44. The number of unbranched alkanes of at least 4 members (excludes halogenated alkanes) is 3. The molecule has 0 atom stereocenters. The van der Waals surface area contributed by atoms with E-state index in [1.807, 2.05) is 55.3 Å². The SMILES string of the molecule is CCCCC.CCCCSN(CC)c1ccc(C(=O)Nc2ccc(Cl)c(NC=O)c2)c(C)c1.Cc1ccccc1. The molecule has 218 valence electrons. The minimum absolute atomic E-state index is 0.204. The Kier molecular flexibility index (Phi) is 18.3. The molecule has 0 unspecified atom stereocenters. The number of nitrogens with one attached hydrogen (secondary N) is 2. The first-order chi connectivity index (χ1) is 19.3. The smallest absolute Gasteiger partial charge is 0.255 e. The molecule has 3 aromatic carbocycles. The molecule has 2 amide bonds. The summed E-state index contributed by atoms with van der Waals surface area (Å²) < 4.78 is 2.25. The maximum Gasteiger partial charge on any atom is 0.255 e. The topological polar surface area (TPSA) is 61.4 Å².